The highest BCUT2D eigenvalue weighted by Crippen LogP contribution is 2.34. The van der Waals surface area contributed by atoms with Crippen LogP contribution in [-0.2, 0) is 0 Å². The van der Waals surface area contributed by atoms with Gasteiger partial charge in [0.2, 0.25) is 0 Å². The van der Waals surface area contributed by atoms with E-state index in [0.717, 1.165) is 33.1 Å². The van der Waals surface area contributed by atoms with Gasteiger partial charge in [-0.1, -0.05) is 6.07 Å². The molecule has 0 atom stereocenters. The van der Waals surface area contributed by atoms with Crippen LogP contribution in [0.5, 0.6) is 5.75 Å². The lowest BCUT2D eigenvalue weighted by Gasteiger charge is -2.11. The number of hydrogen-bond acceptors (Lipinski definition) is 3. The molecule has 3 nitrogen and oxygen atoms in total. The minimum absolute atomic E-state index is 0.883. The van der Waals surface area contributed by atoms with Crippen molar-refractivity contribution in [3.8, 4) is 5.75 Å². The average Bonchev–Trinajstić information content (AvgIpc) is 2.40. The summed E-state index contributed by atoms with van der Waals surface area (Å²) in [6.07, 6.45) is 3.58. The summed E-state index contributed by atoms with van der Waals surface area (Å²) >= 11 is 0. The lowest BCUT2D eigenvalue weighted by Crippen LogP contribution is -1.93. The normalized spacial score (nSPS) is 10.9. The van der Waals surface area contributed by atoms with E-state index in [1.54, 1.807) is 19.5 Å². The smallest absolute Gasteiger partial charge is 0.131 e. The Balaban J connectivity index is 2.64. The van der Waals surface area contributed by atoms with Gasteiger partial charge in [-0.3, -0.25) is 9.97 Å². The molecule has 0 bridgehead atoms. The Kier molecular flexibility index (Phi) is 2.18. The molecule has 0 N–H and O–H groups in total. The van der Waals surface area contributed by atoms with Gasteiger partial charge in [0.1, 0.15) is 11.3 Å². The van der Waals surface area contributed by atoms with Crippen LogP contribution in [0.2, 0.25) is 0 Å². The van der Waals surface area contributed by atoms with Crippen molar-refractivity contribution in [1.82, 2.24) is 9.97 Å². The zero-order valence-corrected chi connectivity index (χ0v) is 9.77. The van der Waals surface area contributed by atoms with E-state index in [4.69, 9.17) is 4.74 Å². The third kappa shape index (κ3) is 1.35. The molecule has 0 aliphatic carbocycles. The second-order valence-electron chi connectivity index (χ2n) is 3.96. The van der Waals surface area contributed by atoms with Crippen LogP contribution >= 0.6 is 0 Å². The first-order valence-electron chi connectivity index (χ1n) is 5.49. The van der Waals surface area contributed by atoms with E-state index in [0.29, 0.717) is 0 Å². The molecule has 0 spiro atoms. The van der Waals surface area contributed by atoms with Crippen molar-refractivity contribution in [3.63, 3.8) is 0 Å². The van der Waals surface area contributed by atoms with Gasteiger partial charge in [0, 0.05) is 28.7 Å². The Hall–Kier alpha value is -2.16. The Morgan fingerprint density at radius 1 is 0.941 bits per heavy atom. The molecular weight excluding hydrogens is 212 g/mol. The second-order valence-corrected chi connectivity index (χ2v) is 3.96. The third-order valence-corrected chi connectivity index (χ3v) is 3.03. The van der Waals surface area contributed by atoms with Crippen molar-refractivity contribution in [2.45, 2.75) is 6.92 Å². The van der Waals surface area contributed by atoms with Crippen molar-refractivity contribution in [2.75, 3.05) is 7.11 Å². The second kappa shape index (κ2) is 3.70. The standard InChI is InChI=1S/C14H12N2O/c1-9-10-5-3-7-15-12(10)13-11(14(9)17-2)6-4-8-16-13/h3-8H,1-2H3. The third-order valence-electron chi connectivity index (χ3n) is 3.03. The predicted octanol–water partition coefficient (Wildman–Crippen LogP) is 3.10. The van der Waals surface area contributed by atoms with E-state index in [-0.39, 0.29) is 0 Å². The number of aromatic nitrogens is 2. The van der Waals surface area contributed by atoms with Gasteiger partial charge in [0.05, 0.1) is 12.6 Å². The molecule has 17 heavy (non-hydrogen) atoms. The molecule has 84 valence electrons. The van der Waals surface area contributed by atoms with Gasteiger partial charge in [-0.2, -0.15) is 0 Å². The van der Waals surface area contributed by atoms with Crippen LogP contribution in [0.4, 0.5) is 0 Å². The molecular formula is C14H12N2O. The Morgan fingerprint density at radius 2 is 1.53 bits per heavy atom. The fourth-order valence-electron chi connectivity index (χ4n) is 2.26. The van der Waals surface area contributed by atoms with Gasteiger partial charge >= 0.3 is 0 Å². The molecule has 0 aliphatic rings. The van der Waals surface area contributed by atoms with Crippen molar-refractivity contribution in [3.05, 3.63) is 42.2 Å². The molecule has 0 unspecified atom stereocenters. The van der Waals surface area contributed by atoms with Crippen LogP contribution < -0.4 is 4.74 Å². The van der Waals surface area contributed by atoms with Gasteiger partial charge in [-0.25, -0.2) is 0 Å². The molecule has 0 aliphatic heterocycles. The molecule has 2 aromatic heterocycles. The first kappa shape index (κ1) is 10.0. The fraction of sp³-hybridized carbons (Fsp3) is 0.143. The number of nitrogens with zero attached hydrogens (tertiary/aromatic N) is 2. The minimum Gasteiger partial charge on any atom is -0.496 e. The number of hydrogen-bond donors (Lipinski definition) is 0. The summed E-state index contributed by atoms with van der Waals surface area (Å²) in [6.45, 7) is 2.05. The Bertz CT molecular complexity index is 707. The van der Waals surface area contributed by atoms with Crippen LogP contribution in [0.15, 0.2) is 36.7 Å². The van der Waals surface area contributed by atoms with Crippen LogP contribution in [-0.4, -0.2) is 17.1 Å². The van der Waals surface area contributed by atoms with E-state index in [1.165, 1.54) is 0 Å². The number of fused-ring (bicyclic) bond motifs is 3. The molecule has 0 fully saturated rings. The van der Waals surface area contributed by atoms with Gasteiger partial charge < -0.3 is 4.74 Å². The summed E-state index contributed by atoms with van der Waals surface area (Å²) in [5, 5.41) is 2.11. The first-order valence-corrected chi connectivity index (χ1v) is 5.49. The number of pyridine rings is 2. The number of ether oxygens (including phenoxy) is 1. The zero-order valence-electron chi connectivity index (χ0n) is 9.77. The molecule has 0 amide bonds. The van der Waals surface area contributed by atoms with Crippen molar-refractivity contribution < 1.29 is 4.74 Å². The zero-order chi connectivity index (χ0) is 11.8. The maximum absolute atomic E-state index is 5.50. The maximum atomic E-state index is 5.50. The van der Waals surface area contributed by atoms with Crippen molar-refractivity contribution in [1.29, 1.82) is 0 Å². The van der Waals surface area contributed by atoms with Crippen LogP contribution in [0.3, 0.4) is 0 Å². The number of aryl methyl sites for hydroxylation is 1. The largest absolute Gasteiger partial charge is 0.496 e. The molecule has 0 saturated carbocycles. The van der Waals surface area contributed by atoms with E-state index in [1.807, 2.05) is 24.3 Å². The highest BCUT2D eigenvalue weighted by Gasteiger charge is 2.12. The van der Waals surface area contributed by atoms with Crippen LogP contribution in [0.25, 0.3) is 21.8 Å². The quantitative estimate of drug-likeness (QED) is 0.596. The topological polar surface area (TPSA) is 35.0 Å². The average molecular weight is 224 g/mol. The number of rotatable bonds is 1. The fourth-order valence-corrected chi connectivity index (χ4v) is 2.26. The maximum Gasteiger partial charge on any atom is 0.131 e. The van der Waals surface area contributed by atoms with E-state index >= 15 is 0 Å². The summed E-state index contributed by atoms with van der Waals surface area (Å²) in [7, 11) is 1.69. The summed E-state index contributed by atoms with van der Waals surface area (Å²) in [6, 6.07) is 7.92. The summed E-state index contributed by atoms with van der Waals surface area (Å²) < 4.78 is 5.50. The predicted molar refractivity (Wildman–Crippen MR) is 68.3 cm³/mol. The highest BCUT2D eigenvalue weighted by atomic mass is 16.5. The minimum atomic E-state index is 0.883. The van der Waals surface area contributed by atoms with E-state index in [9.17, 15) is 0 Å². The lowest BCUT2D eigenvalue weighted by atomic mass is 10.0. The molecule has 2 heterocycles. The first-order chi connectivity index (χ1) is 8.33. The number of benzene rings is 1. The SMILES string of the molecule is COc1c(C)c2cccnc2c2ncccc12. The Morgan fingerprint density at radius 3 is 2.18 bits per heavy atom. The van der Waals surface area contributed by atoms with E-state index < -0.39 is 0 Å². The summed E-state index contributed by atoms with van der Waals surface area (Å²) in [5.74, 6) is 0.883. The van der Waals surface area contributed by atoms with Crippen molar-refractivity contribution in [2.24, 2.45) is 0 Å². The number of methoxy groups -OCH3 is 1. The summed E-state index contributed by atoms with van der Waals surface area (Å²) in [5.41, 5.74) is 2.93. The van der Waals surface area contributed by atoms with Gasteiger partial charge in [-0.05, 0) is 25.1 Å². The molecule has 3 heteroatoms. The van der Waals surface area contributed by atoms with E-state index in [2.05, 4.69) is 16.9 Å². The molecule has 1 aromatic carbocycles. The summed E-state index contributed by atoms with van der Waals surface area (Å²) in [4.78, 5) is 8.84. The van der Waals surface area contributed by atoms with Gasteiger partial charge in [0.15, 0.2) is 0 Å². The lowest BCUT2D eigenvalue weighted by molar-refractivity contribution is 0.417. The van der Waals surface area contributed by atoms with Crippen molar-refractivity contribution >= 4 is 21.8 Å². The molecule has 3 aromatic rings. The monoisotopic (exact) mass is 224 g/mol. The molecule has 3 rings (SSSR count). The highest BCUT2D eigenvalue weighted by molar-refractivity contribution is 6.07. The van der Waals surface area contributed by atoms with Crippen LogP contribution in [0, 0.1) is 6.92 Å². The van der Waals surface area contributed by atoms with Crippen LogP contribution in [0.1, 0.15) is 5.56 Å². The molecule has 0 saturated heterocycles. The van der Waals surface area contributed by atoms with Gasteiger partial charge in [0.25, 0.3) is 0 Å². The molecule has 0 radical (unpaired) electrons. The van der Waals surface area contributed by atoms with Gasteiger partial charge in [-0.15, -0.1) is 0 Å². The Labute approximate surface area is 99.1 Å².